The van der Waals surface area contributed by atoms with Crippen LogP contribution in [0.15, 0.2) is 24.3 Å². The molecule has 1 aromatic rings. The number of fused-ring (bicyclic) bond motifs is 1. The third-order valence-corrected chi connectivity index (χ3v) is 3.30. The van der Waals surface area contributed by atoms with Gasteiger partial charge in [-0.15, -0.1) is 0 Å². The first-order valence-corrected chi connectivity index (χ1v) is 6.98. The Morgan fingerprint density at radius 3 is 2.18 bits per heavy atom. The first-order chi connectivity index (χ1) is 10.5. The van der Waals surface area contributed by atoms with Crippen LogP contribution >= 0.6 is 0 Å². The van der Waals surface area contributed by atoms with Crippen LogP contribution in [0.2, 0.25) is 0 Å². The summed E-state index contributed by atoms with van der Waals surface area (Å²) in [5.41, 5.74) is 0.578. The van der Waals surface area contributed by atoms with Gasteiger partial charge in [0, 0.05) is 6.54 Å². The molecular formula is C15H17N3O4. The number of amides is 4. The van der Waals surface area contributed by atoms with E-state index >= 15 is 0 Å². The van der Waals surface area contributed by atoms with Gasteiger partial charge in [-0.2, -0.15) is 0 Å². The van der Waals surface area contributed by atoms with E-state index in [1.54, 1.807) is 31.2 Å². The van der Waals surface area contributed by atoms with Crippen molar-refractivity contribution in [2.75, 3.05) is 13.1 Å². The second-order valence-electron chi connectivity index (χ2n) is 4.93. The van der Waals surface area contributed by atoms with Gasteiger partial charge in [-0.05, 0) is 26.0 Å². The van der Waals surface area contributed by atoms with Crippen LogP contribution in [0.1, 0.15) is 34.6 Å². The molecule has 0 aliphatic carbocycles. The van der Waals surface area contributed by atoms with Crippen LogP contribution in [0.25, 0.3) is 0 Å². The molecule has 22 heavy (non-hydrogen) atoms. The van der Waals surface area contributed by atoms with E-state index in [9.17, 15) is 19.2 Å². The largest absolute Gasteiger partial charge is 0.355 e. The second kappa shape index (κ2) is 6.38. The number of benzene rings is 1. The van der Waals surface area contributed by atoms with E-state index in [0.29, 0.717) is 6.54 Å². The van der Waals surface area contributed by atoms with Gasteiger partial charge in [0.15, 0.2) is 0 Å². The predicted octanol–water partition coefficient (Wildman–Crippen LogP) is -0.0766. The predicted molar refractivity (Wildman–Crippen MR) is 78.1 cm³/mol. The fourth-order valence-electron chi connectivity index (χ4n) is 2.21. The highest BCUT2D eigenvalue weighted by Crippen LogP contribution is 2.21. The zero-order valence-electron chi connectivity index (χ0n) is 12.4. The Balaban J connectivity index is 2.00. The van der Waals surface area contributed by atoms with Crippen molar-refractivity contribution in [3.63, 3.8) is 0 Å². The number of imide groups is 1. The molecule has 7 heteroatoms. The highest BCUT2D eigenvalue weighted by Gasteiger charge is 2.36. The number of rotatable bonds is 5. The third-order valence-electron chi connectivity index (χ3n) is 3.30. The summed E-state index contributed by atoms with van der Waals surface area (Å²) < 4.78 is 0. The van der Waals surface area contributed by atoms with Gasteiger partial charge in [-0.25, -0.2) is 0 Å². The van der Waals surface area contributed by atoms with Gasteiger partial charge in [0.25, 0.3) is 11.8 Å². The standard InChI is InChI=1S/C15H17N3O4/c1-3-16-13(20)9(2)17-12(19)8-18-14(21)10-6-4-5-7-11(10)15(18)22/h4-7,9H,3,8H2,1-2H3,(H,16,20)(H,17,19)/t9-/m0/s1. The van der Waals surface area contributed by atoms with E-state index in [-0.39, 0.29) is 17.0 Å². The van der Waals surface area contributed by atoms with Gasteiger partial charge in [0.2, 0.25) is 11.8 Å². The molecule has 7 nitrogen and oxygen atoms in total. The van der Waals surface area contributed by atoms with Crippen LogP contribution in [0.5, 0.6) is 0 Å². The van der Waals surface area contributed by atoms with E-state index in [1.807, 2.05) is 0 Å². The molecule has 0 saturated carbocycles. The highest BCUT2D eigenvalue weighted by molar-refractivity contribution is 6.22. The molecule has 0 spiro atoms. The molecule has 0 radical (unpaired) electrons. The Bertz CT molecular complexity index is 606. The van der Waals surface area contributed by atoms with Crippen molar-refractivity contribution >= 4 is 23.6 Å². The average Bonchev–Trinajstić information content (AvgIpc) is 2.73. The maximum atomic E-state index is 12.1. The van der Waals surface area contributed by atoms with Crippen LogP contribution in [0.3, 0.4) is 0 Å². The van der Waals surface area contributed by atoms with Crippen LogP contribution in [-0.2, 0) is 9.59 Å². The minimum atomic E-state index is -0.734. The van der Waals surface area contributed by atoms with E-state index < -0.39 is 30.3 Å². The average molecular weight is 303 g/mol. The van der Waals surface area contributed by atoms with E-state index in [1.165, 1.54) is 6.92 Å². The van der Waals surface area contributed by atoms with Crippen molar-refractivity contribution in [1.82, 2.24) is 15.5 Å². The fourth-order valence-corrected chi connectivity index (χ4v) is 2.21. The SMILES string of the molecule is CCNC(=O)[C@H](C)NC(=O)CN1C(=O)c2ccccc2C1=O. The first-order valence-electron chi connectivity index (χ1n) is 6.98. The number of nitrogens with zero attached hydrogens (tertiary/aromatic N) is 1. The minimum absolute atomic E-state index is 0.289. The molecule has 0 saturated heterocycles. The number of carbonyl (C=O) groups excluding carboxylic acids is 4. The van der Waals surface area contributed by atoms with Crippen LogP contribution in [-0.4, -0.2) is 47.7 Å². The van der Waals surface area contributed by atoms with Gasteiger partial charge in [0.05, 0.1) is 11.1 Å². The van der Waals surface area contributed by atoms with Crippen molar-refractivity contribution in [2.24, 2.45) is 0 Å². The third kappa shape index (κ3) is 2.98. The molecule has 0 fully saturated rings. The molecule has 1 aliphatic rings. The topological polar surface area (TPSA) is 95.6 Å². The van der Waals surface area contributed by atoms with Gasteiger partial charge >= 0.3 is 0 Å². The monoisotopic (exact) mass is 303 g/mol. The lowest BCUT2D eigenvalue weighted by molar-refractivity contribution is -0.128. The summed E-state index contributed by atoms with van der Waals surface area (Å²) in [6.45, 7) is 3.35. The minimum Gasteiger partial charge on any atom is -0.355 e. The van der Waals surface area contributed by atoms with E-state index in [2.05, 4.69) is 10.6 Å². The van der Waals surface area contributed by atoms with E-state index in [4.69, 9.17) is 0 Å². The number of likely N-dealkylation sites (N-methyl/N-ethyl adjacent to an activating group) is 1. The summed E-state index contributed by atoms with van der Waals surface area (Å²) in [6.07, 6.45) is 0. The lowest BCUT2D eigenvalue weighted by Gasteiger charge is -2.17. The summed E-state index contributed by atoms with van der Waals surface area (Å²) in [7, 11) is 0. The molecule has 0 bridgehead atoms. The lowest BCUT2D eigenvalue weighted by atomic mass is 10.1. The lowest BCUT2D eigenvalue weighted by Crippen LogP contribution is -2.48. The zero-order valence-corrected chi connectivity index (χ0v) is 12.4. The Kier molecular flexibility index (Phi) is 4.55. The molecule has 1 heterocycles. The van der Waals surface area contributed by atoms with E-state index in [0.717, 1.165) is 4.90 Å². The number of hydrogen-bond donors (Lipinski definition) is 2. The highest BCUT2D eigenvalue weighted by atomic mass is 16.2. The van der Waals surface area contributed by atoms with Crippen LogP contribution < -0.4 is 10.6 Å². The van der Waals surface area contributed by atoms with Crippen LogP contribution in [0, 0.1) is 0 Å². The fraction of sp³-hybridized carbons (Fsp3) is 0.333. The maximum Gasteiger partial charge on any atom is 0.262 e. The Morgan fingerprint density at radius 1 is 1.14 bits per heavy atom. The Hall–Kier alpha value is -2.70. The quantitative estimate of drug-likeness (QED) is 0.744. The number of hydrogen-bond acceptors (Lipinski definition) is 4. The summed E-state index contributed by atoms with van der Waals surface area (Å²) in [4.78, 5) is 48.6. The molecule has 2 N–H and O–H groups in total. The van der Waals surface area contributed by atoms with Crippen molar-refractivity contribution < 1.29 is 19.2 Å². The van der Waals surface area contributed by atoms with Crippen molar-refractivity contribution in [3.8, 4) is 0 Å². The van der Waals surface area contributed by atoms with Crippen molar-refractivity contribution in [3.05, 3.63) is 35.4 Å². The van der Waals surface area contributed by atoms with Gasteiger partial charge in [0.1, 0.15) is 12.6 Å². The first kappa shape index (κ1) is 15.7. The zero-order chi connectivity index (χ0) is 16.3. The molecule has 0 aromatic heterocycles. The summed E-state index contributed by atoms with van der Waals surface area (Å²) in [5, 5.41) is 5.04. The molecule has 116 valence electrons. The number of nitrogens with one attached hydrogen (secondary N) is 2. The van der Waals surface area contributed by atoms with Crippen molar-refractivity contribution in [1.29, 1.82) is 0 Å². The summed E-state index contributed by atoms with van der Waals surface area (Å²) in [6, 6.07) is 5.67. The van der Waals surface area contributed by atoms with Crippen LogP contribution in [0.4, 0.5) is 0 Å². The molecule has 1 aliphatic heterocycles. The molecule has 1 aromatic carbocycles. The smallest absolute Gasteiger partial charge is 0.262 e. The normalized spacial score (nSPS) is 14.5. The summed E-state index contributed by atoms with van der Waals surface area (Å²) in [5.74, 6) is -1.88. The van der Waals surface area contributed by atoms with Gasteiger partial charge < -0.3 is 10.6 Å². The maximum absolute atomic E-state index is 12.1. The summed E-state index contributed by atoms with van der Waals surface area (Å²) >= 11 is 0. The van der Waals surface area contributed by atoms with Gasteiger partial charge in [-0.3, -0.25) is 24.1 Å². The molecule has 1 atom stereocenters. The van der Waals surface area contributed by atoms with Gasteiger partial charge in [-0.1, -0.05) is 12.1 Å². The molecule has 2 rings (SSSR count). The molecule has 0 unspecified atom stereocenters. The molecule has 4 amide bonds. The Labute approximate surface area is 127 Å². The second-order valence-corrected chi connectivity index (χ2v) is 4.93. The molecular weight excluding hydrogens is 286 g/mol. The Morgan fingerprint density at radius 2 is 1.68 bits per heavy atom. The van der Waals surface area contributed by atoms with Crippen molar-refractivity contribution in [2.45, 2.75) is 19.9 Å². The number of carbonyl (C=O) groups is 4.